The molecule has 1 spiro atoms. The van der Waals surface area contributed by atoms with Crippen molar-refractivity contribution in [1.82, 2.24) is 4.90 Å². The maximum Gasteiger partial charge on any atom is 0.193 e. The molecule has 0 radical (unpaired) electrons. The fourth-order valence-corrected chi connectivity index (χ4v) is 4.06. The van der Waals surface area contributed by atoms with Gasteiger partial charge in [-0.1, -0.05) is 36.4 Å². The monoisotopic (exact) mass is 365 g/mol. The van der Waals surface area contributed by atoms with Gasteiger partial charge in [0, 0.05) is 43.6 Å². The van der Waals surface area contributed by atoms with Crippen LogP contribution < -0.4 is 0 Å². The van der Waals surface area contributed by atoms with Crippen LogP contribution in [-0.2, 0) is 16.0 Å². The molecule has 0 amide bonds. The van der Waals surface area contributed by atoms with Gasteiger partial charge in [-0.25, -0.2) is 0 Å². The first-order chi connectivity index (χ1) is 13.1. The Labute approximate surface area is 161 Å². The third-order valence-electron chi connectivity index (χ3n) is 5.88. The molecule has 27 heavy (non-hydrogen) atoms. The molecule has 2 fully saturated rings. The molecule has 0 atom stereocenters. The second-order valence-electron chi connectivity index (χ2n) is 7.66. The van der Waals surface area contributed by atoms with Gasteiger partial charge in [0.05, 0.1) is 13.2 Å². The minimum Gasteiger partial charge on any atom is -0.347 e. The summed E-state index contributed by atoms with van der Waals surface area (Å²) in [4.78, 5) is 15.4. The molecule has 2 aliphatic heterocycles. The molecule has 0 N–H and O–H groups in total. The van der Waals surface area contributed by atoms with Crippen LogP contribution in [0.15, 0.2) is 42.5 Å². The highest BCUT2D eigenvalue weighted by Gasteiger charge is 2.39. The lowest BCUT2D eigenvalue weighted by atomic mass is 9.95. The van der Waals surface area contributed by atoms with Crippen LogP contribution >= 0.6 is 0 Å². The standard InChI is InChI=1S/C23H27NO3/c1-17-5-3-8-21(18(17)2)22(25)20-7-4-6-19(15-20)16-24-11-9-23(10-12-24)26-13-14-27-23/h3-8,15H,9-14,16H2,1-2H3. The summed E-state index contributed by atoms with van der Waals surface area (Å²) >= 11 is 0. The number of hydrogen-bond donors (Lipinski definition) is 0. The SMILES string of the molecule is Cc1cccc(C(=O)c2cccc(CN3CCC4(CC3)OCCO4)c2)c1C. The van der Waals surface area contributed by atoms with Crippen LogP contribution in [0, 0.1) is 13.8 Å². The Bertz CT molecular complexity index is 829. The van der Waals surface area contributed by atoms with Crippen molar-refractivity contribution in [2.45, 2.75) is 39.0 Å². The molecule has 4 nitrogen and oxygen atoms in total. The van der Waals surface area contributed by atoms with Crippen molar-refractivity contribution in [3.8, 4) is 0 Å². The molecular formula is C23H27NO3. The molecule has 4 rings (SSSR count). The van der Waals surface area contributed by atoms with E-state index >= 15 is 0 Å². The van der Waals surface area contributed by atoms with E-state index in [0.717, 1.165) is 54.7 Å². The lowest BCUT2D eigenvalue weighted by Crippen LogP contribution is -2.44. The summed E-state index contributed by atoms with van der Waals surface area (Å²) in [6.45, 7) is 8.24. The molecular weight excluding hydrogens is 338 g/mol. The maximum absolute atomic E-state index is 13.0. The fraction of sp³-hybridized carbons (Fsp3) is 0.435. The van der Waals surface area contributed by atoms with Crippen LogP contribution in [-0.4, -0.2) is 42.8 Å². The number of nitrogens with zero attached hydrogens (tertiary/aromatic N) is 1. The second kappa shape index (κ2) is 7.55. The summed E-state index contributed by atoms with van der Waals surface area (Å²) in [5, 5.41) is 0. The average Bonchev–Trinajstić information content (AvgIpc) is 3.14. The molecule has 2 aromatic rings. The number of ketones is 1. The van der Waals surface area contributed by atoms with E-state index < -0.39 is 0 Å². The number of likely N-dealkylation sites (tertiary alicyclic amines) is 1. The highest BCUT2D eigenvalue weighted by Crippen LogP contribution is 2.31. The summed E-state index contributed by atoms with van der Waals surface area (Å²) in [6, 6.07) is 14.0. The van der Waals surface area contributed by atoms with E-state index in [1.807, 2.05) is 50.2 Å². The van der Waals surface area contributed by atoms with E-state index in [4.69, 9.17) is 9.47 Å². The van der Waals surface area contributed by atoms with Crippen molar-refractivity contribution in [3.63, 3.8) is 0 Å². The van der Waals surface area contributed by atoms with Gasteiger partial charge in [0.25, 0.3) is 0 Å². The normalized spacial score (nSPS) is 19.5. The van der Waals surface area contributed by atoms with Gasteiger partial charge in [-0.05, 0) is 36.6 Å². The Hall–Kier alpha value is -2.01. The molecule has 4 heteroatoms. The van der Waals surface area contributed by atoms with Gasteiger partial charge in [0.15, 0.2) is 11.6 Å². The summed E-state index contributed by atoms with van der Waals surface area (Å²) in [5.41, 5.74) is 4.94. The Morgan fingerprint density at radius 3 is 2.48 bits per heavy atom. The van der Waals surface area contributed by atoms with Gasteiger partial charge < -0.3 is 9.47 Å². The number of carbonyl (C=O) groups is 1. The quantitative estimate of drug-likeness (QED) is 0.771. The third-order valence-corrected chi connectivity index (χ3v) is 5.88. The first-order valence-corrected chi connectivity index (χ1v) is 9.76. The van der Waals surface area contributed by atoms with Crippen molar-refractivity contribution in [2.24, 2.45) is 0 Å². The molecule has 2 heterocycles. The van der Waals surface area contributed by atoms with Crippen LogP contribution in [0.25, 0.3) is 0 Å². The zero-order valence-corrected chi connectivity index (χ0v) is 16.2. The highest BCUT2D eigenvalue weighted by atomic mass is 16.7. The maximum atomic E-state index is 13.0. The first-order valence-electron chi connectivity index (χ1n) is 9.76. The van der Waals surface area contributed by atoms with Crippen LogP contribution in [0.5, 0.6) is 0 Å². The predicted octanol–water partition coefficient (Wildman–Crippen LogP) is 3.87. The number of benzene rings is 2. The summed E-state index contributed by atoms with van der Waals surface area (Å²) in [7, 11) is 0. The Morgan fingerprint density at radius 1 is 1.04 bits per heavy atom. The molecule has 0 unspecified atom stereocenters. The number of carbonyl (C=O) groups excluding carboxylic acids is 1. The minimum atomic E-state index is -0.336. The minimum absolute atomic E-state index is 0.100. The van der Waals surface area contributed by atoms with Crippen molar-refractivity contribution in [2.75, 3.05) is 26.3 Å². The highest BCUT2D eigenvalue weighted by molar-refractivity contribution is 6.10. The lowest BCUT2D eigenvalue weighted by Gasteiger charge is -2.37. The zero-order chi connectivity index (χ0) is 18.9. The van der Waals surface area contributed by atoms with Gasteiger partial charge in [-0.3, -0.25) is 9.69 Å². The van der Waals surface area contributed by atoms with E-state index in [0.29, 0.717) is 13.2 Å². The van der Waals surface area contributed by atoms with E-state index in [1.165, 1.54) is 5.56 Å². The van der Waals surface area contributed by atoms with E-state index in [2.05, 4.69) is 11.0 Å². The largest absolute Gasteiger partial charge is 0.347 e. The Kier molecular flexibility index (Phi) is 5.13. The van der Waals surface area contributed by atoms with Crippen molar-refractivity contribution in [3.05, 3.63) is 70.3 Å². The number of piperidine rings is 1. The molecule has 2 aromatic carbocycles. The van der Waals surface area contributed by atoms with Crippen LogP contribution in [0.1, 0.15) is 45.5 Å². The Balaban J connectivity index is 1.45. The number of hydrogen-bond acceptors (Lipinski definition) is 4. The van der Waals surface area contributed by atoms with Crippen molar-refractivity contribution < 1.29 is 14.3 Å². The summed E-state index contributed by atoms with van der Waals surface area (Å²) in [6.07, 6.45) is 1.82. The second-order valence-corrected chi connectivity index (χ2v) is 7.66. The average molecular weight is 365 g/mol. The lowest BCUT2D eigenvalue weighted by molar-refractivity contribution is -0.185. The fourth-order valence-electron chi connectivity index (χ4n) is 4.06. The third kappa shape index (κ3) is 3.84. The first kappa shape index (κ1) is 18.4. The van der Waals surface area contributed by atoms with E-state index in [-0.39, 0.29) is 11.6 Å². The van der Waals surface area contributed by atoms with Crippen LogP contribution in [0.4, 0.5) is 0 Å². The number of rotatable bonds is 4. The Morgan fingerprint density at radius 2 is 1.74 bits per heavy atom. The topological polar surface area (TPSA) is 38.8 Å². The summed E-state index contributed by atoms with van der Waals surface area (Å²) in [5.74, 6) is -0.236. The van der Waals surface area contributed by atoms with Crippen molar-refractivity contribution in [1.29, 1.82) is 0 Å². The molecule has 0 saturated carbocycles. The van der Waals surface area contributed by atoms with Crippen LogP contribution in [0.3, 0.4) is 0 Å². The van der Waals surface area contributed by atoms with E-state index in [1.54, 1.807) is 0 Å². The smallest absolute Gasteiger partial charge is 0.193 e. The van der Waals surface area contributed by atoms with Gasteiger partial charge in [0.2, 0.25) is 0 Å². The van der Waals surface area contributed by atoms with Crippen molar-refractivity contribution >= 4 is 5.78 Å². The molecule has 2 aliphatic rings. The number of aryl methyl sites for hydroxylation is 1. The molecule has 142 valence electrons. The molecule has 0 aliphatic carbocycles. The predicted molar refractivity (Wildman–Crippen MR) is 105 cm³/mol. The molecule has 0 aromatic heterocycles. The van der Waals surface area contributed by atoms with Crippen LogP contribution in [0.2, 0.25) is 0 Å². The van der Waals surface area contributed by atoms with Gasteiger partial charge >= 0.3 is 0 Å². The van der Waals surface area contributed by atoms with E-state index in [9.17, 15) is 4.79 Å². The molecule has 0 bridgehead atoms. The zero-order valence-electron chi connectivity index (χ0n) is 16.2. The van der Waals surface area contributed by atoms with Gasteiger partial charge in [0.1, 0.15) is 0 Å². The number of ether oxygens (including phenoxy) is 2. The molecule has 2 saturated heterocycles. The summed E-state index contributed by atoms with van der Waals surface area (Å²) < 4.78 is 11.6. The van der Waals surface area contributed by atoms with Gasteiger partial charge in [-0.2, -0.15) is 0 Å². The van der Waals surface area contributed by atoms with Gasteiger partial charge in [-0.15, -0.1) is 0 Å².